The first-order chi connectivity index (χ1) is 7.82. The lowest BCUT2D eigenvalue weighted by molar-refractivity contribution is -0.117. The molecular formula is C10H13ClN2O3S. The number of nitrogens with one attached hydrogen (secondary N) is 1. The van der Waals surface area contributed by atoms with Crippen molar-refractivity contribution in [2.75, 3.05) is 12.8 Å². The average Bonchev–Trinajstić information content (AvgIpc) is 2.18. The average molecular weight is 277 g/mol. The summed E-state index contributed by atoms with van der Waals surface area (Å²) in [7, 11) is -3.35. The van der Waals surface area contributed by atoms with E-state index in [-0.39, 0.29) is 18.0 Å². The van der Waals surface area contributed by atoms with Crippen LogP contribution in [0.15, 0.2) is 23.1 Å². The van der Waals surface area contributed by atoms with Gasteiger partial charge in [-0.1, -0.05) is 17.7 Å². The molecule has 0 fully saturated rings. The summed E-state index contributed by atoms with van der Waals surface area (Å²) in [5, 5.41) is 3.07. The van der Waals surface area contributed by atoms with Gasteiger partial charge in [0, 0.05) is 23.4 Å². The molecule has 0 saturated carbocycles. The van der Waals surface area contributed by atoms with Gasteiger partial charge in [-0.3, -0.25) is 4.79 Å². The Morgan fingerprint density at radius 1 is 1.47 bits per heavy atom. The monoisotopic (exact) mass is 276 g/mol. The van der Waals surface area contributed by atoms with Gasteiger partial charge in [-0.25, -0.2) is 8.42 Å². The van der Waals surface area contributed by atoms with E-state index >= 15 is 0 Å². The Kier molecular flexibility index (Phi) is 4.50. The number of rotatable bonds is 5. The molecular weight excluding hydrogens is 264 g/mol. The number of benzene rings is 1. The molecule has 1 rings (SSSR count). The minimum atomic E-state index is -3.35. The Morgan fingerprint density at radius 2 is 2.12 bits per heavy atom. The van der Waals surface area contributed by atoms with E-state index in [1.807, 2.05) is 0 Å². The maximum Gasteiger partial charge on any atom is 0.231 e. The van der Waals surface area contributed by atoms with Crippen LogP contribution in [-0.2, 0) is 21.2 Å². The van der Waals surface area contributed by atoms with E-state index in [0.717, 1.165) is 6.26 Å². The van der Waals surface area contributed by atoms with Crippen molar-refractivity contribution in [3.63, 3.8) is 0 Å². The van der Waals surface area contributed by atoms with Crippen LogP contribution >= 0.6 is 11.6 Å². The highest BCUT2D eigenvalue weighted by Crippen LogP contribution is 2.23. The van der Waals surface area contributed by atoms with Crippen LogP contribution in [0.4, 0.5) is 0 Å². The highest BCUT2D eigenvalue weighted by atomic mass is 35.5. The van der Waals surface area contributed by atoms with Crippen LogP contribution in [0, 0.1) is 0 Å². The number of sulfone groups is 1. The summed E-state index contributed by atoms with van der Waals surface area (Å²) in [4.78, 5) is 10.7. The van der Waals surface area contributed by atoms with Crippen molar-refractivity contribution >= 4 is 27.3 Å². The van der Waals surface area contributed by atoms with Crippen LogP contribution in [0.5, 0.6) is 0 Å². The zero-order valence-electron chi connectivity index (χ0n) is 9.23. The first-order valence-corrected chi connectivity index (χ1v) is 7.06. The molecule has 0 radical (unpaired) electrons. The quantitative estimate of drug-likeness (QED) is 0.810. The van der Waals surface area contributed by atoms with Crippen molar-refractivity contribution in [3.8, 4) is 0 Å². The molecule has 5 nitrogen and oxygen atoms in total. The summed E-state index contributed by atoms with van der Waals surface area (Å²) in [6.45, 7) is 0.138. The maximum absolute atomic E-state index is 11.5. The van der Waals surface area contributed by atoms with E-state index < -0.39 is 15.7 Å². The predicted molar refractivity (Wildman–Crippen MR) is 65.5 cm³/mol. The first-order valence-electron chi connectivity index (χ1n) is 4.79. The molecule has 3 N–H and O–H groups in total. The minimum absolute atomic E-state index is 0.0333. The Hall–Kier alpha value is -1.11. The van der Waals surface area contributed by atoms with E-state index in [1.54, 1.807) is 12.1 Å². The van der Waals surface area contributed by atoms with Gasteiger partial charge in [-0.2, -0.15) is 0 Å². The van der Waals surface area contributed by atoms with E-state index in [4.69, 9.17) is 17.3 Å². The topological polar surface area (TPSA) is 89.3 Å². The lowest BCUT2D eigenvalue weighted by atomic mass is 10.2. The number of primary amides is 1. The summed E-state index contributed by atoms with van der Waals surface area (Å²) in [5.41, 5.74) is 5.41. The molecule has 0 aliphatic heterocycles. The molecule has 0 spiro atoms. The first kappa shape index (κ1) is 14.0. The molecule has 0 heterocycles. The highest BCUT2D eigenvalue weighted by Gasteiger charge is 2.15. The predicted octanol–water partition coefficient (Wildman–Crippen LogP) is 0.318. The third-order valence-electron chi connectivity index (χ3n) is 2.08. The molecule has 1 amide bonds. The number of hydrogen-bond donors (Lipinski definition) is 2. The summed E-state index contributed by atoms with van der Waals surface area (Å²) >= 11 is 5.93. The second kappa shape index (κ2) is 5.48. The number of nitrogens with two attached hydrogens (primary N) is 1. The van der Waals surface area contributed by atoms with E-state index in [1.165, 1.54) is 6.07 Å². The molecule has 0 atom stereocenters. The molecule has 0 aliphatic carbocycles. The third-order valence-corrected chi connectivity index (χ3v) is 3.61. The zero-order valence-corrected chi connectivity index (χ0v) is 10.8. The minimum Gasteiger partial charge on any atom is -0.369 e. The molecule has 1 aromatic carbocycles. The fourth-order valence-corrected chi connectivity index (χ4v) is 2.62. The Labute approximate surface area is 105 Å². The van der Waals surface area contributed by atoms with Gasteiger partial charge >= 0.3 is 0 Å². The Balaban J connectivity index is 3.01. The van der Waals surface area contributed by atoms with Crippen molar-refractivity contribution in [1.29, 1.82) is 0 Å². The van der Waals surface area contributed by atoms with Crippen LogP contribution in [0.3, 0.4) is 0 Å². The lowest BCUT2D eigenvalue weighted by Gasteiger charge is -2.10. The van der Waals surface area contributed by atoms with Gasteiger partial charge in [0.25, 0.3) is 0 Å². The van der Waals surface area contributed by atoms with E-state index in [0.29, 0.717) is 10.6 Å². The van der Waals surface area contributed by atoms with Gasteiger partial charge in [0.15, 0.2) is 9.84 Å². The van der Waals surface area contributed by atoms with Crippen LogP contribution in [0.25, 0.3) is 0 Å². The third kappa shape index (κ3) is 3.99. The molecule has 0 saturated heterocycles. The second-order valence-electron chi connectivity index (χ2n) is 3.56. The summed E-state index contributed by atoms with van der Waals surface area (Å²) in [6.07, 6.45) is 1.11. The SMILES string of the molecule is CS(=O)(=O)c1cccc(Cl)c1CNCC(N)=O. The molecule has 0 bridgehead atoms. The number of carbonyl (C=O) groups is 1. The summed E-state index contributed by atoms with van der Waals surface area (Å²) in [6, 6.07) is 4.64. The highest BCUT2D eigenvalue weighted by molar-refractivity contribution is 7.90. The smallest absolute Gasteiger partial charge is 0.231 e. The number of carbonyl (C=O) groups excluding carboxylic acids is 1. The van der Waals surface area contributed by atoms with Crippen molar-refractivity contribution in [1.82, 2.24) is 5.32 Å². The molecule has 17 heavy (non-hydrogen) atoms. The van der Waals surface area contributed by atoms with Crippen molar-refractivity contribution < 1.29 is 13.2 Å². The van der Waals surface area contributed by atoms with Crippen LogP contribution < -0.4 is 11.1 Å². The van der Waals surface area contributed by atoms with Gasteiger partial charge in [0.1, 0.15) is 0 Å². The van der Waals surface area contributed by atoms with Crippen LogP contribution in [0.1, 0.15) is 5.56 Å². The lowest BCUT2D eigenvalue weighted by Crippen LogP contribution is -2.28. The number of halogens is 1. The van der Waals surface area contributed by atoms with Crippen LogP contribution in [0.2, 0.25) is 5.02 Å². The van der Waals surface area contributed by atoms with Gasteiger partial charge in [0.2, 0.25) is 5.91 Å². The molecule has 1 aromatic rings. The number of hydrogen-bond acceptors (Lipinski definition) is 4. The van der Waals surface area contributed by atoms with E-state index in [9.17, 15) is 13.2 Å². The molecule has 0 aliphatic rings. The van der Waals surface area contributed by atoms with E-state index in [2.05, 4.69) is 5.32 Å². The second-order valence-corrected chi connectivity index (χ2v) is 5.95. The van der Waals surface area contributed by atoms with Crippen molar-refractivity contribution in [2.45, 2.75) is 11.4 Å². The van der Waals surface area contributed by atoms with Gasteiger partial charge in [-0.05, 0) is 12.1 Å². The molecule has 7 heteroatoms. The van der Waals surface area contributed by atoms with Crippen molar-refractivity contribution in [2.24, 2.45) is 5.73 Å². The standard InChI is InChI=1S/C10H13ClN2O3S/c1-17(15,16)9-4-2-3-8(11)7(9)5-13-6-10(12)14/h2-4,13H,5-6H2,1H3,(H2,12,14). The fourth-order valence-electron chi connectivity index (χ4n) is 1.37. The van der Waals surface area contributed by atoms with Gasteiger partial charge in [0.05, 0.1) is 11.4 Å². The zero-order chi connectivity index (χ0) is 13.1. The van der Waals surface area contributed by atoms with Gasteiger partial charge < -0.3 is 11.1 Å². The largest absolute Gasteiger partial charge is 0.369 e. The van der Waals surface area contributed by atoms with Crippen molar-refractivity contribution in [3.05, 3.63) is 28.8 Å². The van der Waals surface area contributed by atoms with Crippen LogP contribution in [-0.4, -0.2) is 27.1 Å². The molecule has 0 unspecified atom stereocenters. The number of amides is 1. The maximum atomic E-state index is 11.5. The van der Waals surface area contributed by atoms with Gasteiger partial charge in [-0.15, -0.1) is 0 Å². The fraction of sp³-hybridized carbons (Fsp3) is 0.300. The normalized spacial score (nSPS) is 11.4. The molecule has 0 aromatic heterocycles. The summed E-state index contributed by atoms with van der Waals surface area (Å²) < 4.78 is 23.0. The Morgan fingerprint density at radius 3 is 2.65 bits per heavy atom. The molecule has 94 valence electrons. The summed E-state index contributed by atoms with van der Waals surface area (Å²) in [5.74, 6) is -0.516. The Bertz CT molecular complexity index is 528.